The molecule has 11 heteroatoms. The molecule has 0 unspecified atom stereocenters. The van der Waals surface area contributed by atoms with Gasteiger partial charge in [-0.15, -0.1) is 12.4 Å². The van der Waals surface area contributed by atoms with Gasteiger partial charge in [0, 0.05) is 18.9 Å². The second kappa shape index (κ2) is 10.9. The summed E-state index contributed by atoms with van der Waals surface area (Å²) in [5, 5.41) is 14.0. The number of nitrogens with zero attached hydrogens (tertiary/aromatic N) is 1. The number of nitrogens with two attached hydrogens (primary N) is 1. The van der Waals surface area contributed by atoms with E-state index in [-0.39, 0.29) is 42.7 Å². The molecule has 2 rings (SSSR count). The number of nitro benzene ring substituents is 1. The van der Waals surface area contributed by atoms with Crippen molar-refractivity contribution >= 4 is 35.4 Å². The summed E-state index contributed by atoms with van der Waals surface area (Å²) in [6, 6.07) is 7.03. The van der Waals surface area contributed by atoms with Crippen molar-refractivity contribution < 1.29 is 28.7 Å². The quantitative estimate of drug-likeness (QED) is 0.270. The first-order chi connectivity index (χ1) is 13.4. The van der Waals surface area contributed by atoms with Crippen LogP contribution in [0.3, 0.4) is 0 Å². The highest BCUT2D eigenvalue weighted by Crippen LogP contribution is 2.35. The third-order valence-electron chi connectivity index (χ3n) is 3.76. The van der Waals surface area contributed by atoms with Gasteiger partial charge in [-0.2, -0.15) is 0 Å². The minimum atomic E-state index is -0.696. The number of nitro groups is 1. The molecule has 0 fully saturated rings. The molecular weight excluding hydrogens is 406 g/mol. The molecule has 2 aromatic carbocycles. The molecule has 0 aliphatic heterocycles. The van der Waals surface area contributed by atoms with Crippen LogP contribution in [0.25, 0.3) is 0 Å². The van der Waals surface area contributed by atoms with Crippen molar-refractivity contribution in [3.63, 3.8) is 0 Å². The summed E-state index contributed by atoms with van der Waals surface area (Å²) < 4.78 is 20.6. The lowest BCUT2D eigenvalue weighted by molar-refractivity contribution is -0.385. The van der Waals surface area contributed by atoms with Crippen LogP contribution in [0.5, 0.6) is 17.2 Å². The molecule has 0 saturated heterocycles. The number of halogens is 1. The van der Waals surface area contributed by atoms with Gasteiger partial charge in [-0.05, 0) is 18.2 Å². The molecule has 0 aromatic heterocycles. The number of ether oxygens (including phenoxy) is 4. The van der Waals surface area contributed by atoms with E-state index in [2.05, 4.69) is 5.32 Å². The number of benzene rings is 2. The number of nitrogen functional groups attached to an aromatic ring is 1. The van der Waals surface area contributed by atoms with Crippen LogP contribution in [0.1, 0.15) is 10.4 Å². The topological polar surface area (TPSA) is 135 Å². The van der Waals surface area contributed by atoms with Gasteiger partial charge in [0.25, 0.3) is 11.6 Å². The lowest BCUT2D eigenvalue weighted by atomic mass is 10.1. The van der Waals surface area contributed by atoms with E-state index in [0.717, 1.165) is 6.07 Å². The number of methoxy groups -OCH3 is 3. The van der Waals surface area contributed by atoms with Crippen LogP contribution in [-0.2, 0) is 4.74 Å². The largest absolute Gasteiger partial charge is 0.495 e. The number of anilines is 2. The van der Waals surface area contributed by atoms with Gasteiger partial charge < -0.3 is 30.0 Å². The second-order valence-corrected chi connectivity index (χ2v) is 5.53. The normalized spacial score (nSPS) is 9.90. The number of hydrogen-bond acceptors (Lipinski definition) is 8. The smallest absolute Gasteiger partial charge is 0.286 e. The van der Waals surface area contributed by atoms with E-state index in [1.165, 1.54) is 33.5 Å². The zero-order chi connectivity index (χ0) is 20.7. The summed E-state index contributed by atoms with van der Waals surface area (Å²) in [5.74, 6) is 0.0683. The van der Waals surface area contributed by atoms with Crippen molar-refractivity contribution in [1.82, 2.24) is 0 Å². The molecule has 2 aromatic rings. The van der Waals surface area contributed by atoms with Crippen molar-refractivity contribution in [1.29, 1.82) is 0 Å². The summed E-state index contributed by atoms with van der Waals surface area (Å²) in [4.78, 5) is 23.4. The lowest BCUT2D eigenvalue weighted by Crippen LogP contribution is -2.15. The van der Waals surface area contributed by atoms with E-state index < -0.39 is 16.5 Å². The van der Waals surface area contributed by atoms with Gasteiger partial charge in [-0.3, -0.25) is 14.9 Å². The number of hydrogen-bond donors (Lipinski definition) is 2. The minimum absolute atomic E-state index is 0. The molecular formula is C18H22ClN3O7. The Hall–Kier alpha value is -3.24. The molecule has 0 heterocycles. The van der Waals surface area contributed by atoms with Crippen molar-refractivity contribution in [3.05, 3.63) is 46.0 Å². The highest BCUT2D eigenvalue weighted by Gasteiger charge is 2.25. The molecule has 0 radical (unpaired) electrons. The fourth-order valence-electron chi connectivity index (χ4n) is 2.40. The number of carbonyl (C=O) groups excluding carboxylic acids is 1. The van der Waals surface area contributed by atoms with E-state index >= 15 is 0 Å². The zero-order valence-corrected chi connectivity index (χ0v) is 16.9. The SMILES string of the molecule is COCCOc1cc([N+](=O)[O-])c(C(=O)Nc2ccc(OC)c(N)c2)cc1OC.Cl. The van der Waals surface area contributed by atoms with Gasteiger partial charge in [0.05, 0.1) is 37.5 Å². The predicted molar refractivity (Wildman–Crippen MR) is 110 cm³/mol. The summed E-state index contributed by atoms with van der Waals surface area (Å²) in [6.07, 6.45) is 0. The first kappa shape index (κ1) is 23.8. The van der Waals surface area contributed by atoms with Crippen LogP contribution in [0.4, 0.5) is 17.1 Å². The number of nitrogens with one attached hydrogen (secondary N) is 1. The highest BCUT2D eigenvalue weighted by atomic mass is 35.5. The number of carbonyl (C=O) groups is 1. The highest BCUT2D eigenvalue weighted by molar-refractivity contribution is 6.07. The molecule has 3 N–H and O–H groups in total. The van der Waals surface area contributed by atoms with E-state index in [9.17, 15) is 14.9 Å². The van der Waals surface area contributed by atoms with Crippen molar-refractivity contribution in [2.75, 3.05) is 45.6 Å². The molecule has 29 heavy (non-hydrogen) atoms. The van der Waals surface area contributed by atoms with Crippen LogP contribution in [0, 0.1) is 10.1 Å². The van der Waals surface area contributed by atoms with E-state index in [1.54, 1.807) is 12.1 Å². The Balaban J connectivity index is 0.00000420. The van der Waals surface area contributed by atoms with Crippen LogP contribution in [0.15, 0.2) is 30.3 Å². The van der Waals surface area contributed by atoms with Crippen LogP contribution >= 0.6 is 12.4 Å². The Morgan fingerprint density at radius 3 is 2.31 bits per heavy atom. The molecule has 0 aliphatic rings. The van der Waals surface area contributed by atoms with E-state index in [1.807, 2.05) is 0 Å². The lowest BCUT2D eigenvalue weighted by Gasteiger charge is -2.13. The number of rotatable bonds is 9. The van der Waals surface area contributed by atoms with Gasteiger partial charge in [-0.1, -0.05) is 0 Å². The Kier molecular flexibility index (Phi) is 8.97. The first-order valence-corrected chi connectivity index (χ1v) is 8.14. The van der Waals surface area contributed by atoms with Crippen molar-refractivity contribution in [2.24, 2.45) is 0 Å². The Bertz CT molecular complexity index is 877. The molecule has 0 bridgehead atoms. The fraction of sp³-hybridized carbons (Fsp3) is 0.278. The summed E-state index contributed by atoms with van der Waals surface area (Å²) >= 11 is 0. The van der Waals surface area contributed by atoms with Crippen LogP contribution < -0.4 is 25.3 Å². The second-order valence-electron chi connectivity index (χ2n) is 5.53. The van der Waals surface area contributed by atoms with Crippen LogP contribution in [-0.4, -0.2) is 45.4 Å². The van der Waals surface area contributed by atoms with Crippen LogP contribution in [0.2, 0.25) is 0 Å². The standard InChI is InChI=1S/C18H21N3O7.ClH/c1-25-6-7-28-17-10-14(21(23)24)12(9-16(17)27-3)18(22)20-11-4-5-15(26-2)13(19)8-11;/h4-5,8-10H,6-7,19H2,1-3H3,(H,20,22);1H. The van der Waals surface area contributed by atoms with Gasteiger partial charge in [-0.25, -0.2) is 0 Å². The van der Waals surface area contributed by atoms with E-state index in [0.29, 0.717) is 17.1 Å². The average molecular weight is 428 g/mol. The van der Waals surface area contributed by atoms with Gasteiger partial charge in [0.2, 0.25) is 0 Å². The van der Waals surface area contributed by atoms with Gasteiger partial charge in [0.15, 0.2) is 11.5 Å². The Morgan fingerprint density at radius 1 is 1.07 bits per heavy atom. The average Bonchev–Trinajstić information content (AvgIpc) is 2.67. The van der Waals surface area contributed by atoms with Gasteiger partial charge >= 0.3 is 0 Å². The van der Waals surface area contributed by atoms with Crippen molar-refractivity contribution in [3.8, 4) is 17.2 Å². The summed E-state index contributed by atoms with van der Waals surface area (Å²) in [5.41, 5.74) is 5.88. The Labute approximate surface area is 173 Å². The molecule has 0 saturated carbocycles. The maximum absolute atomic E-state index is 12.6. The maximum atomic E-state index is 12.6. The molecule has 10 nitrogen and oxygen atoms in total. The molecule has 0 atom stereocenters. The maximum Gasteiger partial charge on any atom is 0.286 e. The third-order valence-corrected chi connectivity index (χ3v) is 3.76. The Morgan fingerprint density at radius 2 is 1.76 bits per heavy atom. The predicted octanol–water partition coefficient (Wildman–Crippen LogP) is 2.89. The molecule has 0 spiro atoms. The summed E-state index contributed by atoms with van der Waals surface area (Å²) in [7, 11) is 4.34. The first-order valence-electron chi connectivity index (χ1n) is 8.14. The third kappa shape index (κ3) is 5.87. The molecule has 0 aliphatic carbocycles. The summed E-state index contributed by atoms with van der Waals surface area (Å²) in [6.45, 7) is 0.457. The molecule has 158 valence electrons. The van der Waals surface area contributed by atoms with Crippen molar-refractivity contribution in [2.45, 2.75) is 0 Å². The zero-order valence-electron chi connectivity index (χ0n) is 16.1. The minimum Gasteiger partial charge on any atom is -0.495 e. The van der Waals surface area contributed by atoms with E-state index in [4.69, 9.17) is 24.7 Å². The monoisotopic (exact) mass is 427 g/mol. The number of amides is 1. The fourth-order valence-corrected chi connectivity index (χ4v) is 2.40. The molecule has 1 amide bonds. The van der Waals surface area contributed by atoms with Gasteiger partial charge in [0.1, 0.15) is 17.9 Å².